The number of nitro benzene ring substituents is 1. The standard InChI is InChI=1S/C18H19N3O3/c1-13(22)15-4-5-17(18(11-15)21(23)24)20-10-2-3-16(12-20)14-6-8-19-9-7-14/h4-9,11,16H,2-3,10,12H2,1H3/t16-/m1/s1. The van der Waals surface area contributed by atoms with Crippen molar-refractivity contribution in [2.24, 2.45) is 0 Å². The second-order valence-corrected chi connectivity index (χ2v) is 6.08. The van der Waals surface area contributed by atoms with Gasteiger partial charge in [0, 0.05) is 43.0 Å². The van der Waals surface area contributed by atoms with Gasteiger partial charge in [-0.05, 0) is 49.6 Å². The third-order valence-corrected chi connectivity index (χ3v) is 4.52. The number of nitrogens with zero attached hydrogens (tertiary/aromatic N) is 3. The molecule has 0 saturated carbocycles. The highest BCUT2D eigenvalue weighted by Crippen LogP contribution is 2.35. The number of nitro groups is 1. The van der Waals surface area contributed by atoms with Gasteiger partial charge >= 0.3 is 0 Å². The third-order valence-electron chi connectivity index (χ3n) is 4.52. The Bertz CT molecular complexity index is 761. The first-order chi connectivity index (χ1) is 11.6. The van der Waals surface area contributed by atoms with Crippen LogP contribution in [0.4, 0.5) is 11.4 Å². The molecular weight excluding hydrogens is 306 g/mol. The van der Waals surface area contributed by atoms with Crippen LogP contribution in [0.2, 0.25) is 0 Å². The maximum Gasteiger partial charge on any atom is 0.293 e. The fourth-order valence-electron chi connectivity index (χ4n) is 3.26. The van der Waals surface area contributed by atoms with E-state index >= 15 is 0 Å². The van der Waals surface area contributed by atoms with E-state index in [2.05, 4.69) is 9.88 Å². The van der Waals surface area contributed by atoms with Crippen molar-refractivity contribution >= 4 is 17.2 Å². The minimum absolute atomic E-state index is 0.00178. The van der Waals surface area contributed by atoms with E-state index in [0.29, 0.717) is 17.2 Å². The summed E-state index contributed by atoms with van der Waals surface area (Å²) in [6, 6.07) is 8.75. The van der Waals surface area contributed by atoms with Crippen LogP contribution < -0.4 is 4.90 Å². The van der Waals surface area contributed by atoms with Crippen LogP contribution in [0.15, 0.2) is 42.7 Å². The average Bonchev–Trinajstić information content (AvgIpc) is 2.62. The Morgan fingerprint density at radius 1 is 1.29 bits per heavy atom. The van der Waals surface area contributed by atoms with Gasteiger partial charge in [-0.2, -0.15) is 0 Å². The number of aromatic nitrogens is 1. The molecule has 1 aromatic carbocycles. The molecule has 0 radical (unpaired) electrons. The van der Waals surface area contributed by atoms with Gasteiger partial charge in [0.05, 0.1) is 4.92 Å². The van der Waals surface area contributed by atoms with Crippen molar-refractivity contribution < 1.29 is 9.72 Å². The van der Waals surface area contributed by atoms with E-state index in [1.54, 1.807) is 24.5 Å². The molecule has 0 unspecified atom stereocenters. The largest absolute Gasteiger partial charge is 0.365 e. The summed E-state index contributed by atoms with van der Waals surface area (Å²) in [5.41, 5.74) is 2.16. The Balaban J connectivity index is 1.90. The lowest BCUT2D eigenvalue weighted by Crippen LogP contribution is -2.34. The summed E-state index contributed by atoms with van der Waals surface area (Å²) in [4.78, 5) is 28.6. The number of piperidine rings is 1. The lowest BCUT2D eigenvalue weighted by Gasteiger charge is -2.34. The van der Waals surface area contributed by atoms with Crippen molar-refractivity contribution in [1.82, 2.24) is 4.98 Å². The topological polar surface area (TPSA) is 76.3 Å². The van der Waals surface area contributed by atoms with Gasteiger partial charge in [-0.25, -0.2) is 0 Å². The molecule has 0 N–H and O–H groups in total. The number of hydrogen-bond donors (Lipinski definition) is 0. The summed E-state index contributed by atoms with van der Waals surface area (Å²) in [6.45, 7) is 2.92. The number of benzene rings is 1. The molecule has 1 fully saturated rings. The van der Waals surface area contributed by atoms with Crippen LogP contribution in [-0.2, 0) is 0 Å². The van der Waals surface area contributed by atoms with Crippen LogP contribution in [0.1, 0.15) is 41.6 Å². The lowest BCUT2D eigenvalue weighted by molar-refractivity contribution is -0.384. The first kappa shape index (κ1) is 16.1. The van der Waals surface area contributed by atoms with Gasteiger partial charge in [0.15, 0.2) is 5.78 Å². The quantitative estimate of drug-likeness (QED) is 0.488. The number of carbonyl (C=O) groups excluding carboxylic acids is 1. The highest BCUT2D eigenvalue weighted by molar-refractivity contribution is 5.95. The van der Waals surface area contributed by atoms with Crippen LogP contribution in [0, 0.1) is 10.1 Å². The van der Waals surface area contributed by atoms with Crippen LogP contribution in [0.3, 0.4) is 0 Å². The molecule has 0 aliphatic carbocycles. The fraction of sp³-hybridized carbons (Fsp3) is 0.333. The number of Topliss-reactive ketones (excluding diaryl/α,β-unsaturated/α-hetero) is 1. The molecule has 1 saturated heterocycles. The first-order valence-electron chi connectivity index (χ1n) is 8.00. The number of pyridine rings is 1. The molecule has 1 aliphatic heterocycles. The molecular formula is C18H19N3O3. The number of anilines is 1. The van der Waals surface area contributed by atoms with Crippen LogP contribution in [0.5, 0.6) is 0 Å². The first-order valence-corrected chi connectivity index (χ1v) is 8.00. The van der Waals surface area contributed by atoms with E-state index in [-0.39, 0.29) is 11.5 Å². The van der Waals surface area contributed by atoms with Gasteiger partial charge in [0.25, 0.3) is 5.69 Å². The van der Waals surface area contributed by atoms with Crippen LogP contribution >= 0.6 is 0 Å². The zero-order valence-electron chi connectivity index (χ0n) is 13.5. The molecule has 0 bridgehead atoms. The van der Waals surface area contributed by atoms with Crippen molar-refractivity contribution in [3.05, 3.63) is 64.0 Å². The zero-order valence-corrected chi connectivity index (χ0v) is 13.5. The molecule has 1 aromatic heterocycles. The van der Waals surface area contributed by atoms with Crippen molar-refractivity contribution in [2.75, 3.05) is 18.0 Å². The van der Waals surface area contributed by atoms with Crippen molar-refractivity contribution in [1.29, 1.82) is 0 Å². The summed E-state index contributed by atoms with van der Waals surface area (Å²) in [6.07, 6.45) is 5.58. The third kappa shape index (κ3) is 3.27. The van der Waals surface area contributed by atoms with Crippen LogP contribution in [0.25, 0.3) is 0 Å². The van der Waals surface area contributed by atoms with Gasteiger partial charge in [0.2, 0.25) is 0 Å². The molecule has 2 aromatic rings. The van der Waals surface area contributed by atoms with Gasteiger partial charge in [0.1, 0.15) is 5.69 Å². The molecule has 124 valence electrons. The number of rotatable bonds is 4. The van der Waals surface area contributed by atoms with Crippen LogP contribution in [-0.4, -0.2) is 28.8 Å². The predicted molar refractivity (Wildman–Crippen MR) is 91.5 cm³/mol. The highest BCUT2D eigenvalue weighted by Gasteiger charge is 2.27. The summed E-state index contributed by atoms with van der Waals surface area (Å²) in [5, 5.41) is 11.5. The summed E-state index contributed by atoms with van der Waals surface area (Å²) < 4.78 is 0. The van der Waals surface area contributed by atoms with Gasteiger partial charge in [-0.3, -0.25) is 19.9 Å². The van der Waals surface area contributed by atoms with E-state index < -0.39 is 4.92 Å². The van der Waals surface area contributed by atoms with Gasteiger partial charge < -0.3 is 4.90 Å². The molecule has 1 atom stereocenters. The van der Waals surface area contributed by atoms with E-state index in [0.717, 1.165) is 25.9 Å². The molecule has 1 aliphatic rings. The smallest absolute Gasteiger partial charge is 0.293 e. The Labute approximate surface area is 140 Å². The Hall–Kier alpha value is -2.76. The molecule has 24 heavy (non-hydrogen) atoms. The number of hydrogen-bond acceptors (Lipinski definition) is 5. The Morgan fingerprint density at radius 3 is 2.71 bits per heavy atom. The minimum atomic E-state index is -0.405. The normalized spacial score (nSPS) is 17.5. The SMILES string of the molecule is CC(=O)c1ccc(N2CCC[C@@H](c3ccncc3)C2)c([N+](=O)[O-])c1. The minimum Gasteiger partial charge on any atom is -0.365 e. The lowest BCUT2D eigenvalue weighted by atomic mass is 9.91. The van der Waals surface area contributed by atoms with Crippen molar-refractivity contribution in [2.45, 2.75) is 25.7 Å². The predicted octanol–water partition coefficient (Wildman–Crippen LogP) is 3.58. The summed E-state index contributed by atoms with van der Waals surface area (Å²) in [5.74, 6) is 0.159. The Morgan fingerprint density at radius 2 is 2.04 bits per heavy atom. The number of ketones is 1. The molecule has 0 spiro atoms. The molecule has 2 heterocycles. The van der Waals surface area contributed by atoms with Gasteiger partial charge in [-0.15, -0.1) is 0 Å². The maximum atomic E-state index is 11.5. The summed E-state index contributed by atoms with van der Waals surface area (Å²) in [7, 11) is 0. The average molecular weight is 325 g/mol. The van der Waals surface area contributed by atoms with E-state index in [4.69, 9.17) is 0 Å². The van der Waals surface area contributed by atoms with Crippen molar-refractivity contribution in [3.8, 4) is 0 Å². The highest BCUT2D eigenvalue weighted by atomic mass is 16.6. The van der Waals surface area contributed by atoms with E-state index in [9.17, 15) is 14.9 Å². The van der Waals surface area contributed by atoms with E-state index in [1.165, 1.54) is 18.6 Å². The van der Waals surface area contributed by atoms with E-state index in [1.807, 2.05) is 12.1 Å². The van der Waals surface area contributed by atoms with Gasteiger partial charge in [-0.1, -0.05) is 0 Å². The van der Waals surface area contributed by atoms with Crippen molar-refractivity contribution in [3.63, 3.8) is 0 Å². The molecule has 3 rings (SSSR count). The fourth-order valence-corrected chi connectivity index (χ4v) is 3.26. The number of carbonyl (C=O) groups is 1. The second kappa shape index (κ2) is 6.78. The molecule has 6 nitrogen and oxygen atoms in total. The molecule has 0 amide bonds. The zero-order chi connectivity index (χ0) is 17.1. The summed E-state index contributed by atoms with van der Waals surface area (Å²) >= 11 is 0. The Kier molecular flexibility index (Phi) is 4.55. The molecule has 6 heteroatoms. The maximum absolute atomic E-state index is 11.5. The monoisotopic (exact) mass is 325 g/mol. The second-order valence-electron chi connectivity index (χ2n) is 6.08.